The van der Waals surface area contributed by atoms with Gasteiger partial charge in [0.1, 0.15) is 6.54 Å². The number of nitrogens with zero attached hydrogens (tertiary/aromatic N) is 4. The number of halogens is 1. The van der Waals surface area contributed by atoms with E-state index in [1.54, 1.807) is 12.1 Å². The van der Waals surface area contributed by atoms with Crippen LogP contribution in [0.4, 0.5) is 0 Å². The predicted octanol–water partition coefficient (Wildman–Crippen LogP) is 2.90. The van der Waals surface area contributed by atoms with Crippen LogP contribution in [0.3, 0.4) is 0 Å². The lowest BCUT2D eigenvalue weighted by Gasteiger charge is -2.26. The lowest BCUT2D eigenvalue weighted by molar-refractivity contribution is -0.122. The third-order valence-electron chi connectivity index (χ3n) is 6.72. The third-order valence-corrected chi connectivity index (χ3v) is 6.95. The van der Waals surface area contributed by atoms with Crippen LogP contribution in [-0.2, 0) is 22.5 Å². The minimum absolute atomic E-state index is 0.0885. The van der Waals surface area contributed by atoms with Crippen molar-refractivity contribution in [1.29, 1.82) is 0 Å². The van der Waals surface area contributed by atoms with Gasteiger partial charge >= 0.3 is 5.69 Å². The van der Waals surface area contributed by atoms with E-state index in [1.807, 2.05) is 36.4 Å². The number of hydrogen-bond donors (Lipinski definition) is 1. The molecule has 3 aromatic rings. The predicted molar refractivity (Wildman–Crippen MR) is 135 cm³/mol. The van der Waals surface area contributed by atoms with Gasteiger partial charge in [-0.05, 0) is 55.5 Å². The van der Waals surface area contributed by atoms with E-state index < -0.39 is 0 Å². The molecule has 8 nitrogen and oxygen atoms in total. The number of aromatic nitrogens is 3. The summed E-state index contributed by atoms with van der Waals surface area (Å²) in [5.74, 6) is 0.232. The van der Waals surface area contributed by atoms with Gasteiger partial charge in [0.2, 0.25) is 5.91 Å². The van der Waals surface area contributed by atoms with Gasteiger partial charge in [0.05, 0.1) is 18.9 Å². The Morgan fingerprint density at radius 3 is 2.57 bits per heavy atom. The zero-order valence-corrected chi connectivity index (χ0v) is 20.4. The van der Waals surface area contributed by atoms with Crippen molar-refractivity contribution in [2.45, 2.75) is 38.3 Å². The Morgan fingerprint density at radius 1 is 1.11 bits per heavy atom. The van der Waals surface area contributed by atoms with Crippen LogP contribution >= 0.6 is 11.6 Å². The maximum absolute atomic E-state index is 13.4. The quantitative estimate of drug-likeness (QED) is 0.519. The molecule has 2 fully saturated rings. The molecular formula is C26H30ClN5O3. The van der Waals surface area contributed by atoms with Crippen molar-refractivity contribution < 1.29 is 9.53 Å². The number of nitrogens with one attached hydrogen (secondary N) is 1. The second-order valence-electron chi connectivity index (χ2n) is 9.18. The fourth-order valence-electron chi connectivity index (χ4n) is 4.43. The van der Waals surface area contributed by atoms with Gasteiger partial charge < -0.3 is 10.1 Å². The first-order valence-electron chi connectivity index (χ1n) is 12.2. The summed E-state index contributed by atoms with van der Waals surface area (Å²) in [4.78, 5) is 28.5. The summed E-state index contributed by atoms with van der Waals surface area (Å²) in [6, 6.07) is 15.2. The topological polar surface area (TPSA) is 81.4 Å². The molecule has 1 aliphatic heterocycles. The number of carbonyl (C=O) groups excluding carboxylic acids is 1. The van der Waals surface area contributed by atoms with E-state index in [9.17, 15) is 9.59 Å². The van der Waals surface area contributed by atoms with Gasteiger partial charge in [-0.1, -0.05) is 35.9 Å². The first-order chi connectivity index (χ1) is 17.1. The van der Waals surface area contributed by atoms with Gasteiger partial charge in [0.25, 0.3) is 0 Å². The molecule has 9 heteroatoms. The summed E-state index contributed by atoms with van der Waals surface area (Å²) in [5, 5.41) is 8.16. The van der Waals surface area contributed by atoms with Crippen molar-refractivity contribution in [2.24, 2.45) is 0 Å². The molecule has 0 spiro atoms. The number of benzene rings is 2. The van der Waals surface area contributed by atoms with Crippen molar-refractivity contribution in [3.63, 3.8) is 0 Å². The van der Waals surface area contributed by atoms with Crippen LogP contribution in [0.2, 0.25) is 5.02 Å². The Morgan fingerprint density at radius 2 is 1.89 bits per heavy atom. The van der Waals surface area contributed by atoms with Crippen molar-refractivity contribution >= 4 is 17.5 Å². The van der Waals surface area contributed by atoms with E-state index in [0.29, 0.717) is 22.1 Å². The number of ether oxygens (including phenoxy) is 1. The van der Waals surface area contributed by atoms with Crippen molar-refractivity contribution in [1.82, 2.24) is 24.6 Å². The van der Waals surface area contributed by atoms with Crippen molar-refractivity contribution in [3.05, 3.63) is 69.6 Å². The van der Waals surface area contributed by atoms with Crippen molar-refractivity contribution in [3.8, 4) is 17.1 Å². The van der Waals surface area contributed by atoms with E-state index in [2.05, 4.69) is 15.3 Å². The van der Waals surface area contributed by atoms with Crippen LogP contribution in [0.15, 0.2) is 53.3 Å². The number of morpholine rings is 1. The second kappa shape index (κ2) is 10.8. The average molecular weight is 496 g/mol. The molecule has 0 radical (unpaired) electrons. The number of rotatable bonds is 8. The van der Waals surface area contributed by atoms with Gasteiger partial charge in [-0.15, -0.1) is 5.10 Å². The summed E-state index contributed by atoms with van der Waals surface area (Å²) in [5.41, 5.74) is 2.19. The minimum atomic E-state index is -0.357. The van der Waals surface area contributed by atoms with Gasteiger partial charge in [-0.2, -0.15) is 4.68 Å². The smallest absolute Gasteiger partial charge is 0.351 e. The molecule has 5 rings (SSSR count). The number of carbonyl (C=O) groups is 1. The zero-order chi connectivity index (χ0) is 24.2. The fraction of sp³-hybridized carbons (Fsp3) is 0.423. The lowest BCUT2D eigenvalue weighted by atomic mass is 9.93. The van der Waals surface area contributed by atoms with Crippen LogP contribution in [0.5, 0.6) is 0 Å². The molecule has 2 aromatic carbocycles. The van der Waals surface area contributed by atoms with E-state index in [-0.39, 0.29) is 24.2 Å². The summed E-state index contributed by atoms with van der Waals surface area (Å²) in [7, 11) is 0. The molecule has 0 bridgehead atoms. The molecule has 0 unspecified atom stereocenters. The summed E-state index contributed by atoms with van der Waals surface area (Å²) >= 11 is 6.20. The number of hydrogen-bond acceptors (Lipinski definition) is 5. The van der Waals surface area contributed by atoms with E-state index in [1.165, 1.54) is 14.8 Å². The highest BCUT2D eigenvalue weighted by Crippen LogP contribution is 2.22. The first-order valence-corrected chi connectivity index (χ1v) is 12.6. The normalized spacial score (nSPS) is 16.7. The monoisotopic (exact) mass is 495 g/mol. The molecular weight excluding hydrogens is 466 g/mol. The molecule has 1 saturated carbocycles. The number of amides is 1. The van der Waals surface area contributed by atoms with Gasteiger partial charge in [0, 0.05) is 36.3 Å². The van der Waals surface area contributed by atoms with Crippen molar-refractivity contribution in [2.75, 3.05) is 32.8 Å². The maximum atomic E-state index is 13.4. The molecule has 2 heterocycles. The standard InChI is InChI=1S/C26H30ClN5O3/c27-21-4-1-3-20(17-21)25-29-32(26(34)31(25)18-24(33)28-22-5-2-6-22)23-9-7-19(8-10-23)11-12-30-13-15-35-16-14-30/h1,3-4,7-10,17,22H,2,5-6,11-16,18H2,(H,28,33). The SMILES string of the molecule is O=C(Cn1c(-c2cccc(Cl)c2)nn(-c2ccc(CCN3CCOCC3)cc2)c1=O)NC1CCC1. The Hall–Kier alpha value is -2.94. The highest BCUT2D eigenvalue weighted by Gasteiger charge is 2.23. The van der Waals surface area contributed by atoms with Gasteiger partial charge in [0.15, 0.2) is 5.82 Å². The van der Waals surface area contributed by atoms with Gasteiger partial charge in [-0.3, -0.25) is 14.3 Å². The van der Waals surface area contributed by atoms with Crippen LogP contribution in [-0.4, -0.2) is 64.0 Å². The van der Waals surface area contributed by atoms with E-state index in [0.717, 1.165) is 58.5 Å². The van der Waals surface area contributed by atoms with Crippen LogP contribution in [0, 0.1) is 0 Å². The Kier molecular flexibility index (Phi) is 7.32. The van der Waals surface area contributed by atoms with Crippen LogP contribution in [0.1, 0.15) is 24.8 Å². The summed E-state index contributed by atoms with van der Waals surface area (Å²) in [6.07, 6.45) is 4.02. The molecule has 1 amide bonds. The molecule has 35 heavy (non-hydrogen) atoms. The maximum Gasteiger partial charge on any atom is 0.351 e. The highest BCUT2D eigenvalue weighted by atomic mass is 35.5. The van der Waals surface area contributed by atoms with E-state index >= 15 is 0 Å². The second-order valence-corrected chi connectivity index (χ2v) is 9.62. The average Bonchev–Trinajstić information content (AvgIpc) is 3.17. The molecule has 1 saturated heterocycles. The first kappa shape index (κ1) is 23.8. The third kappa shape index (κ3) is 5.66. The highest BCUT2D eigenvalue weighted by molar-refractivity contribution is 6.30. The Bertz CT molecular complexity index is 1230. The zero-order valence-electron chi connectivity index (χ0n) is 19.7. The molecule has 0 atom stereocenters. The molecule has 1 aromatic heterocycles. The summed E-state index contributed by atoms with van der Waals surface area (Å²) in [6.45, 7) is 4.40. The molecule has 1 aliphatic carbocycles. The molecule has 2 aliphatic rings. The minimum Gasteiger partial charge on any atom is -0.379 e. The Balaban J connectivity index is 1.39. The Labute approximate surface area is 209 Å². The van der Waals surface area contributed by atoms with Crippen LogP contribution in [0.25, 0.3) is 17.1 Å². The van der Waals surface area contributed by atoms with Crippen LogP contribution < -0.4 is 11.0 Å². The van der Waals surface area contributed by atoms with E-state index in [4.69, 9.17) is 16.3 Å². The molecule has 184 valence electrons. The largest absolute Gasteiger partial charge is 0.379 e. The van der Waals surface area contributed by atoms with Gasteiger partial charge in [-0.25, -0.2) is 4.79 Å². The summed E-state index contributed by atoms with van der Waals surface area (Å²) < 4.78 is 8.20. The fourth-order valence-corrected chi connectivity index (χ4v) is 4.62. The molecule has 1 N–H and O–H groups in total. The lowest BCUT2D eigenvalue weighted by Crippen LogP contribution is -2.42.